The van der Waals surface area contributed by atoms with Crippen LogP contribution in [0.5, 0.6) is 5.75 Å². The second-order valence-corrected chi connectivity index (χ2v) is 5.92. The summed E-state index contributed by atoms with van der Waals surface area (Å²) in [5.74, 6) is 1.36. The van der Waals surface area contributed by atoms with Gasteiger partial charge < -0.3 is 19.1 Å². The predicted molar refractivity (Wildman–Crippen MR) is 92.7 cm³/mol. The number of fused-ring (bicyclic) bond motifs is 2. The van der Waals surface area contributed by atoms with Crippen LogP contribution in [-0.4, -0.2) is 32.2 Å². The highest BCUT2D eigenvalue weighted by molar-refractivity contribution is 5.95. The zero-order valence-corrected chi connectivity index (χ0v) is 13.5. The number of ether oxygens (including phenoxy) is 1. The standard InChI is InChI=1S/C18H13N5O3/c24-17-9-25-15-7-11(5-6-13(15)20-17)18-21-16(22-26-18)8-23-10-19-12-3-1-2-4-14(12)23/h1-7,10H,8-9H2,(H,20,24). The Morgan fingerprint density at radius 1 is 1.19 bits per heavy atom. The molecule has 2 aromatic heterocycles. The molecule has 26 heavy (non-hydrogen) atoms. The molecule has 0 spiro atoms. The molecule has 0 bridgehead atoms. The fourth-order valence-electron chi connectivity index (χ4n) is 2.93. The number of benzene rings is 2. The van der Waals surface area contributed by atoms with Crippen molar-refractivity contribution in [1.82, 2.24) is 19.7 Å². The summed E-state index contributed by atoms with van der Waals surface area (Å²) in [6.45, 7) is 0.459. The second kappa shape index (κ2) is 5.69. The molecule has 1 aliphatic rings. The van der Waals surface area contributed by atoms with Gasteiger partial charge in [-0.2, -0.15) is 4.98 Å². The maximum absolute atomic E-state index is 11.3. The van der Waals surface area contributed by atoms with Crippen molar-refractivity contribution >= 4 is 22.6 Å². The molecule has 8 nitrogen and oxygen atoms in total. The van der Waals surface area contributed by atoms with Crippen molar-refractivity contribution in [3.63, 3.8) is 0 Å². The highest BCUT2D eigenvalue weighted by Gasteiger charge is 2.18. The van der Waals surface area contributed by atoms with E-state index in [2.05, 4.69) is 20.4 Å². The maximum atomic E-state index is 11.3. The summed E-state index contributed by atoms with van der Waals surface area (Å²) in [5, 5.41) is 6.80. The van der Waals surface area contributed by atoms with Crippen LogP contribution in [0.3, 0.4) is 0 Å². The van der Waals surface area contributed by atoms with Gasteiger partial charge in [-0.25, -0.2) is 4.98 Å². The van der Waals surface area contributed by atoms with Crippen molar-refractivity contribution in [2.75, 3.05) is 11.9 Å². The Balaban J connectivity index is 1.43. The number of imidazole rings is 1. The monoisotopic (exact) mass is 347 g/mol. The lowest BCUT2D eigenvalue weighted by atomic mass is 10.1. The van der Waals surface area contributed by atoms with E-state index >= 15 is 0 Å². The summed E-state index contributed by atoms with van der Waals surface area (Å²) >= 11 is 0. The number of nitrogens with one attached hydrogen (secondary N) is 1. The van der Waals surface area contributed by atoms with Crippen molar-refractivity contribution in [1.29, 1.82) is 0 Å². The number of para-hydroxylation sites is 2. The quantitative estimate of drug-likeness (QED) is 0.612. The van der Waals surface area contributed by atoms with Crippen molar-refractivity contribution in [2.45, 2.75) is 6.54 Å². The Morgan fingerprint density at radius 2 is 2.12 bits per heavy atom. The number of carbonyl (C=O) groups is 1. The minimum absolute atomic E-state index is 0.000754. The van der Waals surface area contributed by atoms with Gasteiger partial charge in [0, 0.05) is 5.56 Å². The van der Waals surface area contributed by atoms with E-state index in [0.29, 0.717) is 29.7 Å². The zero-order valence-electron chi connectivity index (χ0n) is 13.5. The Kier molecular flexibility index (Phi) is 3.21. The molecule has 8 heteroatoms. The molecule has 1 aliphatic heterocycles. The SMILES string of the molecule is O=C1COc2cc(-c3nc(Cn4cnc5ccccc54)no3)ccc2N1. The van der Waals surface area contributed by atoms with Crippen LogP contribution in [-0.2, 0) is 11.3 Å². The van der Waals surface area contributed by atoms with Gasteiger partial charge in [0.25, 0.3) is 11.8 Å². The lowest BCUT2D eigenvalue weighted by molar-refractivity contribution is -0.118. The van der Waals surface area contributed by atoms with E-state index in [9.17, 15) is 4.79 Å². The van der Waals surface area contributed by atoms with Crippen molar-refractivity contribution < 1.29 is 14.1 Å². The van der Waals surface area contributed by atoms with E-state index in [4.69, 9.17) is 9.26 Å². The Hall–Kier alpha value is -3.68. The summed E-state index contributed by atoms with van der Waals surface area (Å²) in [6.07, 6.45) is 1.76. The number of hydrogen-bond donors (Lipinski definition) is 1. The molecule has 1 amide bonds. The minimum Gasteiger partial charge on any atom is -0.482 e. The first-order valence-electron chi connectivity index (χ1n) is 8.06. The molecule has 4 aromatic rings. The first-order valence-corrected chi connectivity index (χ1v) is 8.06. The number of carbonyl (C=O) groups excluding carboxylic acids is 1. The molecule has 5 rings (SSSR count). The van der Waals surface area contributed by atoms with Crippen LogP contribution in [0, 0.1) is 0 Å². The number of anilines is 1. The van der Waals surface area contributed by atoms with Crippen molar-refractivity contribution in [3.05, 3.63) is 54.6 Å². The Labute approximate surface area is 147 Å². The predicted octanol–water partition coefficient (Wildman–Crippen LogP) is 2.47. The summed E-state index contributed by atoms with van der Waals surface area (Å²) in [4.78, 5) is 20.2. The fourth-order valence-corrected chi connectivity index (χ4v) is 2.93. The Bertz CT molecular complexity index is 1130. The lowest BCUT2D eigenvalue weighted by Gasteiger charge is -2.17. The van der Waals surface area contributed by atoms with Crippen LogP contribution in [0.2, 0.25) is 0 Å². The highest BCUT2D eigenvalue weighted by Crippen LogP contribution is 2.32. The smallest absolute Gasteiger partial charge is 0.262 e. The van der Waals surface area contributed by atoms with Crippen LogP contribution >= 0.6 is 0 Å². The third-order valence-corrected chi connectivity index (χ3v) is 4.17. The Morgan fingerprint density at radius 3 is 3.08 bits per heavy atom. The second-order valence-electron chi connectivity index (χ2n) is 5.92. The molecular weight excluding hydrogens is 334 g/mol. The van der Waals surface area contributed by atoms with E-state index in [1.54, 1.807) is 24.5 Å². The van der Waals surface area contributed by atoms with E-state index < -0.39 is 0 Å². The van der Waals surface area contributed by atoms with Crippen LogP contribution in [0.4, 0.5) is 5.69 Å². The summed E-state index contributed by atoms with van der Waals surface area (Å²) in [6, 6.07) is 13.2. The van der Waals surface area contributed by atoms with Gasteiger partial charge in [0.15, 0.2) is 12.4 Å². The molecule has 2 aromatic carbocycles. The number of nitrogens with zero attached hydrogens (tertiary/aromatic N) is 4. The van der Waals surface area contributed by atoms with Gasteiger partial charge >= 0.3 is 0 Å². The molecule has 0 unspecified atom stereocenters. The van der Waals surface area contributed by atoms with Gasteiger partial charge in [-0.05, 0) is 30.3 Å². The molecule has 0 saturated carbocycles. The summed E-state index contributed by atoms with van der Waals surface area (Å²) < 4.78 is 12.8. The summed E-state index contributed by atoms with van der Waals surface area (Å²) in [7, 11) is 0. The van der Waals surface area contributed by atoms with E-state index in [0.717, 1.165) is 16.6 Å². The molecule has 0 aliphatic carbocycles. The largest absolute Gasteiger partial charge is 0.482 e. The van der Waals surface area contributed by atoms with Gasteiger partial charge in [-0.1, -0.05) is 17.3 Å². The van der Waals surface area contributed by atoms with Crippen LogP contribution in [0.15, 0.2) is 53.3 Å². The van der Waals surface area contributed by atoms with E-state index in [1.807, 2.05) is 28.8 Å². The molecular formula is C18H13N5O3. The van der Waals surface area contributed by atoms with Crippen LogP contribution in [0.1, 0.15) is 5.82 Å². The topological polar surface area (TPSA) is 95.1 Å². The van der Waals surface area contributed by atoms with Crippen molar-refractivity contribution in [3.8, 4) is 17.2 Å². The number of amides is 1. The van der Waals surface area contributed by atoms with Gasteiger partial charge in [-0.15, -0.1) is 0 Å². The molecule has 0 radical (unpaired) electrons. The highest BCUT2D eigenvalue weighted by atomic mass is 16.5. The summed E-state index contributed by atoms with van der Waals surface area (Å²) in [5.41, 5.74) is 3.30. The molecule has 0 saturated heterocycles. The third-order valence-electron chi connectivity index (χ3n) is 4.17. The van der Waals surface area contributed by atoms with Crippen LogP contribution < -0.4 is 10.1 Å². The van der Waals surface area contributed by atoms with Gasteiger partial charge in [-0.3, -0.25) is 4.79 Å². The molecule has 0 atom stereocenters. The third kappa shape index (κ3) is 2.48. The average Bonchev–Trinajstić information content (AvgIpc) is 3.29. The lowest BCUT2D eigenvalue weighted by Crippen LogP contribution is -2.25. The van der Waals surface area contributed by atoms with Gasteiger partial charge in [0.2, 0.25) is 0 Å². The zero-order chi connectivity index (χ0) is 17.5. The van der Waals surface area contributed by atoms with E-state index in [-0.39, 0.29) is 12.5 Å². The number of hydrogen-bond acceptors (Lipinski definition) is 6. The first-order chi connectivity index (χ1) is 12.8. The van der Waals surface area contributed by atoms with Gasteiger partial charge in [0.05, 0.1) is 29.6 Å². The molecule has 128 valence electrons. The normalized spacial score (nSPS) is 13.3. The molecule has 0 fully saturated rings. The van der Waals surface area contributed by atoms with Crippen LogP contribution in [0.25, 0.3) is 22.5 Å². The number of aromatic nitrogens is 4. The van der Waals surface area contributed by atoms with Crippen molar-refractivity contribution in [2.24, 2.45) is 0 Å². The van der Waals surface area contributed by atoms with E-state index in [1.165, 1.54) is 0 Å². The fraction of sp³-hybridized carbons (Fsp3) is 0.111. The maximum Gasteiger partial charge on any atom is 0.262 e. The van der Waals surface area contributed by atoms with Gasteiger partial charge in [0.1, 0.15) is 5.75 Å². The average molecular weight is 347 g/mol. The molecule has 3 heterocycles. The number of rotatable bonds is 3. The first kappa shape index (κ1) is 14.6. The molecule has 1 N–H and O–H groups in total. The minimum atomic E-state index is -0.169.